The van der Waals surface area contributed by atoms with E-state index in [2.05, 4.69) is 0 Å². The Hall–Kier alpha value is -3.92. The van der Waals surface area contributed by atoms with Crippen molar-refractivity contribution in [2.24, 2.45) is 0 Å². The van der Waals surface area contributed by atoms with Crippen molar-refractivity contribution in [2.45, 2.75) is 32.1 Å². The normalized spacial score (nSPS) is 20.0. The lowest BCUT2D eigenvalue weighted by Gasteiger charge is -2.41. The van der Waals surface area contributed by atoms with Gasteiger partial charge in [0.2, 0.25) is 0 Å². The maximum absolute atomic E-state index is 13.4. The molecule has 1 atom stereocenters. The second-order valence-corrected chi connectivity index (χ2v) is 8.63. The van der Waals surface area contributed by atoms with E-state index in [9.17, 15) is 15.3 Å². The van der Waals surface area contributed by atoms with Gasteiger partial charge in [-0.1, -0.05) is 78.4 Å². The Balaban J connectivity index is 1.83. The van der Waals surface area contributed by atoms with Gasteiger partial charge in [-0.05, 0) is 37.5 Å². The molecule has 1 heterocycles. The van der Waals surface area contributed by atoms with Crippen LogP contribution in [0.15, 0.2) is 102 Å². The number of Topliss-reactive ketones (excluding diaryl/α,β-unsaturated/α-hetero) is 1. The van der Waals surface area contributed by atoms with Crippen LogP contribution in [0.25, 0.3) is 5.76 Å². The molecular formula is C29H26N2O2. The summed E-state index contributed by atoms with van der Waals surface area (Å²) in [7, 11) is 0. The highest BCUT2D eigenvalue weighted by Gasteiger charge is 2.43. The Bertz CT molecular complexity index is 1270. The molecule has 33 heavy (non-hydrogen) atoms. The molecule has 5 rings (SSSR count). The largest absolute Gasteiger partial charge is 0.507 e. The number of rotatable bonds is 3. The number of aryl methyl sites for hydroxylation is 1. The Morgan fingerprint density at radius 3 is 2.21 bits per heavy atom. The van der Waals surface area contributed by atoms with Crippen molar-refractivity contribution < 1.29 is 9.90 Å². The molecule has 4 nitrogen and oxygen atoms in total. The van der Waals surface area contributed by atoms with E-state index in [1.165, 1.54) is 0 Å². The molecular weight excluding hydrogens is 408 g/mol. The van der Waals surface area contributed by atoms with Gasteiger partial charge in [-0.25, -0.2) is 0 Å². The van der Waals surface area contributed by atoms with Crippen LogP contribution in [0.4, 0.5) is 5.69 Å². The Morgan fingerprint density at radius 2 is 1.55 bits per heavy atom. The van der Waals surface area contributed by atoms with E-state index in [-0.39, 0.29) is 17.4 Å². The second-order valence-electron chi connectivity index (χ2n) is 8.63. The average molecular weight is 435 g/mol. The molecule has 0 saturated carbocycles. The summed E-state index contributed by atoms with van der Waals surface area (Å²) >= 11 is 0. The van der Waals surface area contributed by atoms with Crippen LogP contribution >= 0.6 is 0 Å². The number of aliphatic hydroxyl groups is 1. The fourth-order valence-corrected chi connectivity index (χ4v) is 4.90. The van der Waals surface area contributed by atoms with Crippen LogP contribution in [0, 0.1) is 12.3 Å². The van der Waals surface area contributed by atoms with E-state index in [0.29, 0.717) is 23.1 Å². The molecule has 2 aliphatic rings. The van der Waals surface area contributed by atoms with Gasteiger partial charge >= 0.3 is 0 Å². The fourth-order valence-electron chi connectivity index (χ4n) is 4.90. The smallest absolute Gasteiger partial charge is 0.161 e. The number of carbonyl (C=O) groups is 1. The fraction of sp³-hybridized carbons (Fsp3) is 0.172. The number of hydrogen-bond acceptors (Lipinski definition) is 3. The first-order valence-corrected chi connectivity index (χ1v) is 11.3. The van der Waals surface area contributed by atoms with Crippen LogP contribution in [0.3, 0.4) is 0 Å². The van der Waals surface area contributed by atoms with Crippen LogP contribution in [0.5, 0.6) is 0 Å². The van der Waals surface area contributed by atoms with Crippen molar-refractivity contribution >= 4 is 23.1 Å². The molecule has 0 saturated heterocycles. The highest BCUT2D eigenvalue weighted by Crippen LogP contribution is 2.47. The van der Waals surface area contributed by atoms with Crippen molar-refractivity contribution in [3.63, 3.8) is 0 Å². The zero-order chi connectivity index (χ0) is 22.9. The number of nitrogens with zero attached hydrogens (tertiary/aromatic N) is 1. The number of ketones is 1. The SMILES string of the molecule is Cc1ccc([C@@H]2C3=C(CCCC3=O)N(c3ccccc3)C(=N)/C2=C(/O)c2ccccc2)cc1. The minimum Gasteiger partial charge on any atom is -0.507 e. The monoisotopic (exact) mass is 434 g/mol. The van der Waals surface area contributed by atoms with Crippen molar-refractivity contribution in [1.29, 1.82) is 5.41 Å². The number of hydrogen-bond donors (Lipinski definition) is 2. The number of anilines is 1. The molecule has 4 heteroatoms. The summed E-state index contributed by atoms with van der Waals surface area (Å²) in [5.74, 6) is -0.145. The predicted octanol–water partition coefficient (Wildman–Crippen LogP) is 6.55. The van der Waals surface area contributed by atoms with Crippen molar-refractivity contribution in [1.82, 2.24) is 0 Å². The average Bonchev–Trinajstić information content (AvgIpc) is 2.85. The molecule has 3 aromatic rings. The summed E-state index contributed by atoms with van der Waals surface area (Å²) < 4.78 is 0. The molecule has 0 amide bonds. The van der Waals surface area contributed by atoms with Gasteiger partial charge in [0, 0.05) is 40.4 Å². The Labute approximate surface area is 194 Å². The number of allylic oxidation sites excluding steroid dienone is 2. The van der Waals surface area contributed by atoms with Crippen LogP contribution < -0.4 is 4.90 Å². The van der Waals surface area contributed by atoms with Crippen molar-refractivity contribution in [3.8, 4) is 0 Å². The topological polar surface area (TPSA) is 64.4 Å². The zero-order valence-electron chi connectivity index (χ0n) is 18.6. The molecule has 0 bridgehead atoms. The van der Waals surface area contributed by atoms with Crippen LogP contribution in [-0.4, -0.2) is 16.7 Å². The Kier molecular flexibility index (Phi) is 5.43. The lowest BCUT2D eigenvalue weighted by atomic mass is 9.73. The van der Waals surface area contributed by atoms with E-state index in [4.69, 9.17) is 0 Å². The van der Waals surface area contributed by atoms with Gasteiger partial charge < -0.3 is 5.11 Å². The van der Waals surface area contributed by atoms with Gasteiger partial charge in [-0.2, -0.15) is 0 Å². The third kappa shape index (κ3) is 3.68. The third-order valence-electron chi connectivity index (χ3n) is 6.48. The minimum absolute atomic E-state index is 0.0389. The molecule has 164 valence electrons. The van der Waals surface area contributed by atoms with Crippen molar-refractivity contribution in [2.75, 3.05) is 4.90 Å². The third-order valence-corrected chi connectivity index (χ3v) is 6.48. The number of amidine groups is 1. The summed E-state index contributed by atoms with van der Waals surface area (Å²) in [4.78, 5) is 15.3. The summed E-state index contributed by atoms with van der Waals surface area (Å²) in [5.41, 5.74) is 5.53. The summed E-state index contributed by atoms with van der Waals surface area (Å²) in [6.45, 7) is 2.03. The van der Waals surface area contributed by atoms with Gasteiger partial charge in [0.15, 0.2) is 5.78 Å². The maximum Gasteiger partial charge on any atom is 0.161 e. The van der Waals surface area contributed by atoms with Crippen LogP contribution in [0.1, 0.15) is 41.9 Å². The van der Waals surface area contributed by atoms with Gasteiger partial charge in [-0.15, -0.1) is 0 Å². The van der Waals surface area contributed by atoms with E-state index in [0.717, 1.165) is 35.4 Å². The molecule has 0 aromatic heterocycles. The molecule has 0 radical (unpaired) electrons. The van der Waals surface area contributed by atoms with E-state index in [1.807, 2.05) is 96.8 Å². The first-order valence-electron chi connectivity index (χ1n) is 11.3. The summed E-state index contributed by atoms with van der Waals surface area (Å²) in [6.07, 6.45) is 1.97. The highest BCUT2D eigenvalue weighted by molar-refractivity contribution is 6.19. The van der Waals surface area contributed by atoms with Gasteiger partial charge in [0.1, 0.15) is 11.6 Å². The number of para-hydroxylation sites is 1. The van der Waals surface area contributed by atoms with Gasteiger partial charge in [0.05, 0.1) is 0 Å². The second kappa shape index (κ2) is 8.55. The van der Waals surface area contributed by atoms with Crippen molar-refractivity contribution in [3.05, 3.63) is 118 Å². The maximum atomic E-state index is 13.4. The summed E-state index contributed by atoms with van der Waals surface area (Å²) in [6, 6.07) is 27.0. The first kappa shape index (κ1) is 21.0. The lowest BCUT2D eigenvalue weighted by molar-refractivity contribution is -0.116. The van der Waals surface area contributed by atoms with Gasteiger partial charge in [0.25, 0.3) is 0 Å². The predicted molar refractivity (Wildman–Crippen MR) is 132 cm³/mol. The van der Waals surface area contributed by atoms with E-state index >= 15 is 0 Å². The molecule has 0 unspecified atom stereocenters. The molecule has 3 aromatic carbocycles. The van der Waals surface area contributed by atoms with Crippen LogP contribution in [0.2, 0.25) is 0 Å². The van der Waals surface area contributed by atoms with Gasteiger partial charge in [-0.3, -0.25) is 15.1 Å². The molecule has 0 spiro atoms. The van der Waals surface area contributed by atoms with E-state index in [1.54, 1.807) is 0 Å². The number of aliphatic hydroxyl groups excluding tert-OH is 1. The lowest BCUT2D eigenvalue weighted by Crippen LogP contribution is -2.42. The summed E-state index contributed by atoms with van der Waals surface area (Å²) in [5, 5.41) is 20.8. The molecule has 1 aliphatic heterocycles. The number of benzene rings is 3. The minimum atomic E-state index is -0.485. The van der Waals surface area contributed by atoms with E-state index < -0.39 is 5.92 Å². The molecule has 1 aliphatic carbocycles. The highest BCUT2D eigenvalue weighted by atomic mass is 16.3. The number of carbonyl (C=O) groups excluding carboxylic acids is 1. The zero-order valence-corrected chi connectivity index (χ0v) is 18.6. The number of nitrogens with one attached hydrogen (secondary N) is 1. The molecule has 2 N–H and O–H groups in total. The Morgan fingerprint density at radius 1 is 0.909 bits per heavy atom. The van der Waals surface area contributed by atoms with Crippen LogP contribution in [-0.2, 0) is 4.79 Å². The first-order chi connectivity index (χ1) is 16.1. The standard InChI is InChI=1S/C29H26N2O2/c1-19-15-17-20(18-16-19)25-26-23(13-8-14-24(26)32)31(22-11-6-3-7-12-22)29(30)27(25)28(33)21-9-4-2-5-10-21/h2-7,9-12,15-18,25,30,33H,8,13-14H2,1H3/b28-27+,30-29?/t25-/m1/s1. The quantitative estimate of drug-likeness (QED) is 0.459. The molecule has 0 fully saturated rings.